The maximum absolute atomic E-state index is 11.9. The molecule has 1 rings (SSSR count). The first kappa shape index (κ1) is 13.0. The largest absolute Gasteiger partial charge is 0.481 e. The SMILES string of the molecule is CC1CC(C(=O)N(C)CCCC(=O)O)CO1. The van der Waals surface area contributed by atoms with Crippen molar-refractivity contribution in [3.63, 3.8) is 0 Å². The van der Waals surface area contributed by atoms with Crippen molar-refractivity contribution >= 4 is 11.9 Å². The van der Waals surface area contributed by atoms with E-state index in [0.29, 0.717) is 19.6 Å². The normalized spacial score (nSPS) is 24.4. The van der Waals surface area contributed by atoms with Gasteiger partial charge < -0.3 is 14.7 Å². The molecule has 92 valence electrons. The van der Waals surface area contributed by atoms with Gasteiger partial charge in [0.1, 0.15) is 0 Å². The third kappa shape index (κ3) is 3.81. The van der Waals surface area contributed by atoms with Crippen molar-refractivity contribution in [1.29, 1.82) is 0 Å². The number of amides is 1. The number of nitrogens with zero attached hydrogens (tertiary/aromatic N) is 1. The van der Waals surface area contributed by atoms with Crippen molar-refractivity contribution in [2.24, 2.45) is 5.92 Å². The minimum Gasteiger partial charge on any atom is -0.481 e. The van der Waals surface area contributed by atoms with Gasteiger partial charge in [-0.3, -0.25) is 9.59 Å². The number of rotatable bonds is 5. The number of carbonyl (C=O) groups excluding carboxylic acids is 1. The molecule has 0 aromatic heterocycles. The van der Waals surface area contributed by atoms with E-state index in [1.807, 2.05) is 6.92 Å². The lowest BCUT2D eigenvalue weighted by Gasteiger charge is -2.19. The lowest BCUT2D eigenvalue weighted by atomic mass is 10.0. The number of carboxylic acids is 1. The zero-order valence-corrected chi connectivity index (χ0v) is 9.81. The molecule has 0 aliphatic carbocycles. The van der Waals surface area contributed by atoms with Crippen LogP contribution in [0.25, 0.3) is 0 Å². The first-order valence-corrected chi connectivity index (χ1v) is 5.59. The molecule has 0 radical (unpaired) electrons. The highest BCUT2D eigenvalue weighted by Gasteiger charge is 2.30. The second-order valence-corrected chi connectivity index (χ2v) is 4.33. The van der Waals surface area contributed by atoms with Gasteiger partial charge in [-0.15, -0.1) is 0 Å². The Morgan fingerprint density at radius 1 is 1.50 bits per heavy atom. The van der Waals surface area contributed by atoms with E-state index in [-0.39, 0.29) is 24.3 Å². The number of hydrogen-bond acceptors (Lipinski definition) is 3. The molecule has 1 heterocycles. The Labute approximate surface area is 95.4 Å². The topological polar surface area (TPSA) is 66.8 Å². The van der Waals surface area contributed by atoms with Gasteiger partial charge in [-0.05, 0) is 19.8 Å². The first-order valence-electron chi connectivity index (χ1n) is 5.59. The van der Waals surface area contributed by atoms with Crippen LogP contribution in [0.3, 0.4) is 0 Å². The summed E-state index contributed by atoms with van der Waals surface area (Å²) in [5.41, 5.74) is 0. The quantitative estimate of drug-likeness (QED) is 0.755. The van der Waals surface area contributed by atoms with Crippen LogP contribution in [0.5, 0.6) is 0 Å². The maximum Gasteiger partial charge on any atom is 0.303 e. The van der Waals surface area contributed by atoms with Crippen LogP contribution < -0.4 is 0 Å². The van der Waals surface area contributed by atoms with Gasteiger partial charge >= 0.3 is 5.97 Å². The summed E-state index contributed by atoms with van der Waals surface area (Å²) < 4.78 is 5.34. The number of aliphatic carboxylic acids is 1. The van der Waals surface area contributed by atoms with E-state index in [2.05, 4.69) is 0 Å². The van der Waals surface area contributed by atoms with E-state index in [0.717, 1.165) is 6.42 Å². The van der Waals surface area contributed by atoms with Crippen LogP contribution in [0, 0.1) is 5.92 Å². The molecule has 0 spiro atoms. The molecule has 0 saturated carbocycles. The molecule has 0 aromatic rings. The molecular weight excluding hydrogens is 210 g/mol. The number of hydrogen-bond donors (Lipinski definition) is 1. The zero-order chi connectivity index (χ0) is 12.1. The fourth-order valence-electron chi connectivity index (χ4n) is 1.88. The molecule has 5 nitrogen and oxygen atoms in total. The van der Waals surface area contributed by atoms with Crippen molar-refractivity contribution in [2.45, 2.75) is 32.3 Å². The van der Waals surface area contributed by atoms with Gasteiger partial charge in [-0.2, -0.15) is 0 Å². The minimum atomic E-state index is -0.821. The van der Waals surface area contributed by atoms with Crippen LogP contribution >= 0.6 is 0 Å². The van der Waals surface area contributed by atoms with Gasteiger partial charge in [0.25, 0.3) is 0 Å². The number of carbonyl (C=O) groups is 2. The van der Waals surface area contributed by atoms with Crippen LogP contribution in [0.1, 0.15) is 26.2 Å². The molecule has 2 unspecified atom stereocenters. The molecule has 1 aliphatic rings. The summed E-state index contributed by atoms with van der Waals surface area (Å²) in [6.45, 7) is 2.94. The summed E-state index contributed by atoms with van der Waals surface area (Å²) >= 11 is 0. The molecule has 0 bridgehead atoms. The van der Waals surface area contributed by atoms with Gasteiger partial charge in [0.15, 0.2) is 0 Å². The van der Waals surface area contributed by atoms with Crippen LogP contribution in [-0.2, 0) is 14.3 Å². The highest BCUT2D eigenvalue weighted by atomic mass is 16.5. The standard InChI is InChI=1S/C11H19NO4/c1-8-6-9(7-16-8)11(15)12(2)5-3-4-10(13)14/h8-9H,3-7H2,1-2H3,(H,13,14). The van der Waals surface area contributed by atoms with E-state index in [1.54, 1.807) is 11.9 Å². The third-order valence-electron chi connectivity index (χ3n) is 2.81. The summed E-state index contributed by atoms with van der Waals surface area (Å²) in [5, 5.41) is 8.49. The van der Waals surface area contributed by atoms with E-state index in [9.17, 15) is 9.59 Å². The van der Waals surface area contributed by atoms with Crippen LogP contribution in [-0.4, -0.2) is 48.2 Å². The second kappa shape index (κ2) is 5.84. The smallest absolute Gasteiger partial charge is 0.303 e. The molecule has 5 heteroatoms. The highest BCUT2D eigenvalue weighted by Crippen LogP contribution is 2.20. The summed E-state index contributed by atoms with van der Waals surface area (Å²) in [5.74, 6) is -0.807. The highest BCUT2D eigenvalue weighted by molar-refractivity contribution is 5.79. The average molecular weight is 229 g/mol. The van der Waals surface area contributed by atoms with Crippen LogP contribution in [0.4, 0.5) is 0 Å². The average Bonchev–Trinajstić information content (AvgIpc) is 2.63. The van der Waals surface area contributed by atoms with E-state index in [4.69, 9.17) is 9.84 Å². The van der Waals surface area contributed by atoms with Gasteiger partial charge in [-0.25, -0.2) is 0 Å². The summed E-state index contributed by atoms with van der Waals surface area (Å²) in [6, 6.07) is 0. The van der Waals surface area contributed by atoms with Crippen molar-refractivity contribution in [3.05, 3.63) is 0 Å². The molecule has 1 aliphatic heterocycles. The van der Waals surface area contributed by atoms with Crippen molar-refractivity contribution < 1.29 is 19.4 Å². The Morgan fingerprint density at radius 3 is 2.69 bits per heavy atom. The molecule has 0 aromatic carbocycles. The Morgan fingerprint density at radius 2 is 2.19 bits per heavy atom. The van der Waals surface area contributed by atoms with E-state index in [1.165, 1.54) is 0 Å². The molecular formula is C11H19NO4. The summed E-state index contributed by atoms with van der Waals surface area (Å²) in [4.78, 5) is 23.8. The molecule has 1 fully saturated rings. The van der Waals surface area contributed by atoms with E-state index >= 15 is 0 Å². The minimum absolute atomic E-state index is 0.0511. The Hall–Kier alpha value is -1.10. The van der Waals surface area contributed by atoms with Gasteiger partial charge in [0.05, 0.1) is 18.6 Å². The molecule has 1 N–H and O–H groups in total. The fourth-order valence-corrected chi connectivity index (χ4v) is 1.88. The lowest BCUT2D eigenvalue weighted by Crippen LogP contribution is -2.34. The van der Waals surface area contributed by atoms with Gasteiger partial charge in [-0.1, -0.05) is 0 Å². The van der Waals surface area contributed by atoms with Crippen molar-refractivity contribution in [1.82, 2.24) is 4.90 Å². The monoisotopic (exact) mass is 229 g/mol. The molecule has 1 saturated heterocycles. The predicted molar refractivity (Wildman–Crippen MR) is 58.0 cm³/mol. The Balaban J connectivity index is 2.27. The zero-order valence-electron chi connectivity index (χ0n) is 9.81. The molecule has 16 heavy (non-hydrogen) atoms. The maximum atomic E-state index is 11.9. The van der Waals surface area contributed by atoms with E-state index < -0.39 is 5.97 Å². The van der Waals surface area contributed by atoms with Gasteiger partial charge in [0, 0.05) is 20.0 Å². The molecule has 1 amide bonds. The Kier molecular flexibility index (Phi) is 4.73. The summed E-state index contributed by atoms with van der Waals surface area (Å²) in [6.07, 6.45) is 1.53. The van der Waals surface area contributed by atoms with Crippen LogP contribution in [0.2, 0.25) is 0 Å². The second-order valence-electron chi connectivity index (χ2n) is 4.33. The predicted octanol–water partition coefficient (Wildman–Crippen LogP) is 0.735. The van der Waals surface area contributed by atoms with Crippen LogP contribution in [0.15, 0.2) is 0 Å². The number of carboxylic acid groups (broad SMARTS) is 1. The molecule has 2 atom stereocenters. The fraction of sp³-hybridized carbons (Fsp3) is 0.818. The lowest BCUT2D eigenvalue weighted by molar-refractivity contribution is -0.138. The van der Waals surface area contributed by atoms with Gasteiger partial charge in [0.2, 0.25) is 5.91 Å². The summed E-state index contributed by atoms with van der Waals surface area (Å²) in [7, 11) is 1.72. The van der Waals surface area contributed by atoms with Crippen molar-refractivity contribution in [3.8, 4) is 0 Å². The third-order valence-corrected chi connectivity index (χ3v) is 2.81. The van der Waals surface area contributed by atoms with Crippen molar-refractivity contribution in [2.75, 3.05) is 20.2 Å². The number of ether oxygens (including phenoxy) is 1. The Bertz CT molecular complexity index is 267. The first-order chi connectivity index (χ1) is 7.50.